The molecule has 1 N–H and O–H groups in total. The van der Waals surface area contributed by atoms with Crippen LogP contribution in [0.1, 0.15) is 35.9 Å². The van der Waals surface area contributed by atoms with E-state index in [9.17, 15) is 9.59 Å². The molecule has 0 saturated carbocycles. The number of carbonyl (C=O) groups excluding carboxylic acids is 1. The van der Waals surface area contributed by atoms with Gasteiger partial charge < -0.3 is 0 Å². The standard InChI is InChI=1S/C22H21N5O2/c1-3-18-16-11-13(7-9-15(16)22(29)25-24-18)17-12-23-26(2)21(17)19-10-8-14-5-4-6-20(28)27(14)19/h7-12H,3-6H2,1-2H3,(H,25,29). The van der Waals surface area contributed by atoms with Crippen molar-refractivity contribution in [1.82, 2.24) is 24.5 Å². The van der Waals surface area contributed by atoms with Gasteiger partial charge in [-0.1, -0.05) is 13.0 Å². The number of nitrogens with zero attached hydrogens (tertiary/aromatic N) is 4. The third kappa shape index (κ3) is 2.65. The number of benzene rings is 1. The van der Waals surface area contributed by atoms with Crippen LogP contribution in [-0.4, -0.2) is 30.5 Å². The van der Waals surface area contributed by atoms with Gasteiger partial charge in [-0.2, -0.15) is 10.2 Å². The molecule has 7 nitrogen and oxygen atoms in total. The van der Waals surface area contributed by atoms with E-state index < -0.39 is 0 Å². The molecule has 0 fully saturated rings. The number of fused-ring (bicyclic) bond motifs is 2. The van der Waals surface area contributed by atoms with Crippen molar-refractivity contribution in [2.75, 3.05) is 0 Å². The van der Waals surface area contributed by atoms with E-state index in [0.29, 0.717) is 11.8 Å². The Bertz CT molecular complexity index is 1320. The topological polar surface area (TPSA) is 85.6 Å². The van der Waals surface area contributed by atoms with Crippen LogP contribution < -0.4 is 5.56 Å². The Kier molecular flexibility index (Phi) is 3.97. The second-order valence-electron chi connectivity index (χ2n) is 7.44. The molecule has 1 aromatic carbocycles. The highest BCUT2D eigenvalue weighted by Crippen LogP contribution is 2.35. The Balaban J connectivity index is 1.74. The summed E-state index contributed by atoms with van der Waals surface area (Å²) in [6.45, 7) is 2.01. The lowest BCUT2D eigenvalue weighted by Crippen LogP contribution is -2.20. The fourth-order valence-electron chi connectivity index (χ4n) is 4.30. The van der Waals surface area contributed by atoms with Gasteiger partial charge in [-0.05, 0) is 49.1 Å². The molecule has 0 aliphatic carbocycles. The van der Waals surface area contributed by atoms with Crippen molar-refractivity contribution in [1.29, 1.82) is 0 Å². The van der Waals surface area contributed by atoms with E-state index in [4.69, 9.17) is 0 Å². The maximum atomic E-state index is 12.6. The summed E-state index contributed by atoms with van der Waals surface area (Å²) < 4.78 is 3.63. The Hall–Kier alpha value is -3.48. The van der Waals surface area contributed by atoms with Crippen molar-refractivity contribution in [3.8, 4) is 22.5 Å². The van der Waals surface area contributed by atoms with Crippen LogP contribution in [-0.2, 0) is 19.9 Å². The van der Waals surface area contributed by atoms with E-state index in [1.54, 1.807) is 4.68 Å². The van der Waals surface area contributed by atoms with E-state index in [2.05, 4.69) is 15.3 Å². The summed E-state index contributed by atoms with van der Waals surface area (Å²) in [5, 5.41) is 12.7. The van der Waals surface area contributed by atoms with Crippen molar-refractivity contribution in [3.63, 3.8) is 0 Å². The van der Waals surface area contributed by atoms with E-state index in [1.165, 1.54) is 0 Å². The first-order valence-electron chi connectivity index (χ1n) is 9.86. The molecular weight excluding hydrogens is 366 g/mol. The zero-order valence-corrected chi connectivity index (χ0v) is 16.4. The van der Waals surface area contributed by atoms with Crippen molar-refractivity contribution >= 4 is 16.7 Å². The Labute approximate surface area is 167 Å². The van der Waals surface area contributed by atoms with Gasteiger partial charge in [-0.15, -0.1) is 0 Å². The molecule has 146 valence electrons. The van der Waals surface area contributed by atoms with Crippen LogP contribution in [0.25, 0.3) is 33.3 Å². The summed E-state index contributed by atoms with van der Waals surface area (Å²) in [5.41, 5.74) is 5.33. The SMILES string of the molecule is CCc1n[nH]c(=O)c2ccc(-c3cnn(C)c3-c3ccc4n3C(=O)CCC4)cc12. The van der Waals surface area contributed by atoms with Crippen LogP contribution in [0.4, 0.5) is 0 Å². The lowest BCUT2D eigenvalue weighted by atomic mass is 10.00. The molecule has 7 heteroatoms. The summed E-state index contributed by atoms with van der Waals surface area (Å²) in [6.07, 6.45) is 4.90. The molecule has 0 bridgehead atoms. The second kappa shape index (κ2) is 6.55. The maximum Gasteiger partial charge on any atom is 0.272 e. The Morgan fingerprint density at radius 3 is 2.79 bits per heavy atom. The number of aryl methyl sites for hydroxylation is 3. The zero-order valence-electron chi connectivity index (χ0n) is 16.4. The fourth-order valence-corrected chi connectivity index (χ4v) is 4.30. The first kappa shape index (κ1) is 17.6. The average molecular weight is 387 g/mol. The number of hydrogen-bond acceptors (Lipinski definition) is 4. The Morgan fingerprint density at radius 2 is 1.97 bits per heavy atom. The van der Waals surface area contributed by atoms with Crippen molar-refractivity contribution in [3.05, 3.63) is 58.3 Å². The first-order chi connectivity index (χ1) is 14.1. The molecule has 0 atom stereocenters. The molecule has 0 amide bonds. The summed E-state index contributed by atoms with van der Waals surface area (Å²) >= 11 is 0. The number of H-pyrrole nitrogens is 1. The minimum atomic E-state index is -0.193. The van der Waals surface area contributed by atoms with Gasteiger partial charge in [0.25, 0.3) is 5.56 Å². The highest BCUT2D eigenvalue weighted by atomic mass is 16.2. The van der Waals surface area contributed by atoms with Crippen molar-refractivity contribution in [2.24, 2.45) is 7.05 Å². The molecule has 0 spiro atoms. The van der Waals surface area contributed by atoms with E-state index in [0.717, 1.165) is 58.6 Å². The predicted octanol–water partition coefficient (Wildman–Crippen LogP) is 3.33. The number of carbonyl (C=O) groups is 1. The molecule has 0 saturated heterocycles. The quantitative estimate of drug-likeness (QED) is 0.584. The molecule has 0 unspecified atom stereocenters. The van der Waals surface area contributed by atoms with Crippen LogP contribution in [0.2, 0.25) is 0 Å². The average Bonchev–Trinajstić information content (AvgIpc) is 3.32. The maximum absolute atomic E-state index is 12.6. The van der Waals surface area contributed by atoms with E-state index in [1.807, 2.05) is 55.1 Å². The van der Waals surface area contributed by atoms with Crippen molar-refractivity contribution < 1.29 is 4.79 Å². The smallest absolute Gasteiger partial charge is 0.272 e. The summed E-state index contributed by atoms with van der Waals surface area (Å²) in [5.74, 6) is 0.126. The third-order valence-electron chi connectivity index (χ3n) is 5.73. The molecule has 29 heavy (non-hydrogen) atoms. The largest absolute Gasteiger partial charge is 0.283 e. The monoisotopic (exact) mass is 387 g/mol. The fraction of sp³-hybridized carbons (Fsp3) is 0.273. The number of aromatic amines is 1. The Morgan fingerprint density at radius 1 is 1.10 bits per heavy atom. The molecule has 4 heterocycles. The van der Waals surface area contributed by atoms with E-state index in [-0.39, 0.29) is 11.5 Å². The number of nitrogens with one attached hydrogen (secondary N) is 1. The van der Waals surface area contributed by atoms with E-state index >= 15 is 0 Å². The van der Waals surface area contributed by atoms with Gasteiger partial charge in [0.1, 0.15) is 0 Å². The van der Waals surface area contributed by atoms with Crippen LogP contribution in [0.5, 0.6) is 0 Å². The van der Waals surface area contributed by atoms with Crippen LogP contribution in [0.3, 0.4) is 0 Å². The van der Waals surface area contributed by atoms with Gasteiger partial charge in [0.05, 0.1) is 28.7 Å². The van der Waals surface area contributed by atoms with Crippen LogP contribution in [0, 0.1) is 0 Å². The zero-order chi connectivity index (χ0) is 20.1. The first-order valence-corrected chi connectivity index (χ1v) is 9.86. The van der Waals surface area contributed by atoms with Gasteiger partial charge in [0.15, 0.2) is 0 Å². The summed E-state index contributed by atoms with van der Waals surface area (Å²) in [6, 6.07) is 9.80. The number of aromatic nitrogens is 5. The highest BCUT2D eigenvalue weighted by Gasteiger charge is 2.24. The number of hydrogen-bond donors (Lipinski definition) is 1. The van der Waals surface area contributed by atoms with Gasteiger partial charge in [-0.3, -0.25) is 18.8 Å². The number of rotatable bonds is 3. The molecule has 1 aliphatic rings. The van der Waals surface area contributed by atoms with Gasteiger partial charge >= 0.3 is 0 Å². The third-order valence-corrected chi connectivity index (χ3v) is 5.73. The van der Waals surface area contributed by atoms with Gasteiger partial charge in [-0.25, -0.2) is 5.10 Å². The molecular formula is C22H21N5O2. The lowest BCUT2D eigenvalue weighted by molar-refractivity contribution is 0.0886. The second-order valence-corrected chi connectivity index (χ2v) is 7.44. The predicted molar refractivity (Wildman–Crippen MR) is 111 cm³/mol. The highest BCUT2D eigenvalue weighted by molar-refractivity contribution is 5.93. The van der Waals surface area contributed by atoms with Gasteiger partial charge in [0, 0.05) is 30.1 Å². The summed E-state index contributed by atoms with van der Waals surface area (Å²) in [4.78, 5) is 24.8. The molecule has 4 aromatic rings. The molecule has 0 radical (unpaired) electrons. The normalized spacial score (nSPS) is 13.8. The van der Waals surface area contributed by atoms with Crippen LogP contribution >= 0.6 is 0 Å². The summed E-state index contributed by atoms with van der Waals surface area (Å²) in [7, 11) is 1.89. The minimum absolute atomic E-state index is 0.126. The lowest BCUT2D eigenvalue weighted by Gasteiger charge is -2.17. The van der Waals surface area contributed by atoms with Crippen LogP contribution in [0.15, 0.2) is 41.3 Å². The molecule has 5 rings (SSSR count). The van der Waals surface area contributed by atoms with Gasteiger partial charge in [0.2, 0.25) is 5.91 Å². The molecule has 1 aliphatic heterocycles. The molecule has 3 aromatic heterocycles. The minimum Gasteiger partial charge on any atom is -0.283 e. The van der Waals surface area contributed by atoms with Crippen molar-refractivity contribution in [2.45, 2.75) is 32.6 Å².